The summed E-state index contributed by atoms with van der Waals surface area (Å²) >= 11 is 0. The third kappa shape index (κ3) is 2.84. The molecule has 4 aromatic rings. The van der Waals surface area contributed by atoms with Crippen molar-refractivity contribution in [1.29, 1.82) is 0 Å². The Morgan fingerprint density at radius 3 is 2.67 bits per heavy atom. The standard InChI is InChI=1S/C30H26N2O4/c1-2-3-6-12-32-24-11-7-10-21(22-16-31-15-19-8-4-5-9-20(19)22)28(24)30(29(32)33)17-34-25-14-27-26(13-23(25)30)35-18-36-27/h4-5,7-11,13-16H,2-3,6,12,17-18H2,1H3. The van der Waals surface area contributed by atoms with Gasteiger partial charge in [0.15, 0.2) is 11.5 Å². The first kappa shape index (κ1) is 21.2. The molecule has 4 heterocycles. The predicted molar refractivity (Wildman–Crippen MR) is 138 cm³/mol. The summed E-state index contributed by atoms with van der Waals surface area (Å²) in [6, 6.07) is 18.3. The number of fused-ring (bicyclic) bond motifs is 6. The summed E-state index contributed by atoms with van der Waals surface area (Å²) in [7, 11) is 0. The van der Waals surface area contributed by atoms with Crippen LogP contribution >= 0.6 is 0 Å². The Morgan fingerprint density at radius 1 is 0.917 bits per heavy atom. The molecule has 1 amide bonds. The van der Waals surface area contributed by atoms with Crippen molar-refractivity contribution in [2.45, 2.75) is 31.6 Å². The first-order valence-corrected chi connectivity index (χ1v) is 12.6. The first-order valence-electron chi connectivity index (χ1n) is 12.6. The molecule has 180 valence electrons. The van der Waals surface area contributed by atoms with E-state index in [1.807, 2.05) is 47.6 Å². The van der Waals surface area contributed by atoms with Gasteiger partial charge < -0.3 is 19.1 Å². The molecule has 6 nitrogen and oxygen atoms in total. The summed E-state index contributed by atoms with van der Waals surface area (Å²) in [5, 5.41) is 2.18. The second-order valence-corrected chi connectivity index (χ2v) is 9.67. The molecule has 0 fully saturated rings. The van der Waals surface area contributed by atoms with Crippen LogP contribution in [-0.4, -0.2) is 30.8 Å². The third-order valence-corrected chi connectivity index (χ3v) is 7.69. The lowest BCUT2D eigenvalue weighted by Crippen LogP contribution is -2.43. The third-order valence-electron chi connectivity index (χ3n) is 7.69. The van der Waals surface area contributed by atoms with Crippen LogP contribution in [0.15, 0.2) is 67.0 Å². The van der Waals surface area contributed by atoms with Gasteiger partial charge in [0.1, 0.15) is 17.8 Å². The Morgan fingerprint density at radius 2 is 1.78 bits per heavy atom. The van der Waals surface area contributed by atoms with Crippen LogP contribution in [0, 0.1) is 0 Å². The molecule has 0 saturated heterocycles. The summed E-state index contributed by atoms with van der Waals surface area (Å²) < 4.78 is 17.6. The maximum Gasteiger partial charge on any atom is 0.245 e. The molecule has 1 unspecified atom stereocenters. The van der Waals surface area contributed by atoms with Crippen molar-refractivity contribution in [3.63, 3.8) is 0 Å². The van der Waals surface area contributed by atoms with Gasteiger partial charge in [-0.05, 0) is 29.5 Å². The van der Waals surface area contributed by atoms with Gasteiger partial charge in [0.05, 0.1) is 0 Å². The Kier molecular flexibility index (Phi) is 4.71. The van der Waals surface area contributed by atoms with Crippen LogP contribution in [0.1, 0.15) is 37.3 Å². The number of hydrogen-bond donors (Lipinski definition) is 0. The zero-order chi connectivity index (χ0) is 24.3. The van der Waals surface area contributed by atoms with Gasteiger partial charge in [-0.25, -0.2) is 0 Å². The lowest BCUT2D eigenvalue weighted by atomic mass is 9.74. The molecule has 0 aliphatic carbocycles. The van der Waals surface area contributed by atoms with Crippen molar-refractivity contribution in [2.24, 2.45) is 0 Å². The van der Waals surface area contributed by atoms with Crippen LogP contribution in [0.3, 0.4) is 0 Å². The molecule has 1 atom stereocenters. The Bertz CT molecular complexity index is 1530. The summed E-state index contributed by atoms with van der Waals surface area (Å²) in [4.78, 5) is 21.0. The summed E-state index contributed by atoms with van der Waals surface area (Å²) in [6.07, 6.45) is 6.91. The molecule has 6 heteroatoms. The van der Waals surface area contributed by atoms with Gasteiger partial charge in [0.25, 0.3) is 0 Å². The summed E-state index contributed by atoms with van der Waals surface area (Å²) in [6.45, 7) is 3.28. The fourth-order valence-corrected chi connectivity index (χ4v) is 5.98. The minimum absolute atomic E-state index is 0.0619. The smallest absolute Gasteiger partial charge is 0.245 e. The van der Waals surface area contributed by atoms with Crippen LogP contribution in [-0.2, 0) is 10.2 Å². The SMILES string of the molecule is CCCCCN1C(=O)C2(COc3cc4c(cc32)OCO4)c2c(-c3cncc4ccccc34)cccc21. The quantitative estimate of drug-likeness (QED) is 0.337. The van der Waals surface area contributed by atoms with E-state index in [0.29, 0.717) is 23.8 Å². The van der Waals surface area contributed by atoms with Crippen molar-refractivity contribution in [2.75, 3.05) is 24.8 Å². The number of aromatic nitrogens is 1. The van der Waals surface area contributed by atoms with E-state index < -0.39 is 5.41 Å². The van der Waals surface area contributed by atoms with Crippen molar-refractivity contribution < 1.29 is 19.0 Å². The lowest BCUT2D eigenvalue weighted by Gasteiger charge is -2.24. The maximum atomic E-state index is 14.4. The molecule has 7 rings (SSSR count). The van der Waals surface area contributed by atoms with Crippen molar-refractivity contribution in [3.8, 4) is 28.4 Å². The lowest BCUT2D eigenvalue weighted by molar-refractivity contribution is -0.122. The number of ether oxygens (including phenoxy) is 3. The Hall–Kier alpha value is -4.06. The molecule has 1 aromatic heterocycles. The number of pyridine rings is 1. The number of hydrogen-bond acceptors (Lipinski definition) is 5. The number of carbonyl (C=O) groups is 1. The average Bonchev–Trinajstić information content (AvgIpc) is 3.59. The summed E-state index contributed by atoms with van der Waals surface area (Å²) in [5.41, 5.74) is 3.86. The van der Waals surface area contributed by atoms with Crippen LogP contribution in [0.2, 0.25) is 0 Å². The number of carbonyl (C=O) groups excluding carboxylic acids is 1. The van der Waals surface area contributed by atoms with E-state index in [0.717, 1.165) is 58.0 Å². The highest BCUT2D eigenvalue weighted by molar-refractivity contribution is 6.14. The van der Waals surface area contributed by atoms with E-state index in [1.165, 1.54) is 0 Å². The first-order chi connectivity index (χ1) is 17.7. The number of anilines is 1. The molecule has 0 N–H and O–H groups in total. The monoisotopic (exact) mass is 478 g/mol. The van der Waals surface area contributed by atoms with E-state index in [2.05, 4.69) is 36.2 Å². The van der Waals surface area contributed by atoms with Crippen molar-refractivity contribution >= 4 is 22.4 Å². The average molecular weight is 479 g/mol. The fraction of sp³-hybridized carbons (Fsp3) is 0.267. The fourth-order valence-electron chi connectivity index (χ4n) is 5.98. The van der Waals surface area contributed by atoms with Gasteiger partial charge in [0.2, 0.25) is 12.7 Å². The van der Waals surface area contributed by atoms with Gasteiger partial charge in [-0.2, -0.15) is 0 Å². The zero-order valence-electron chi connectivity index (χ0n) is 20.1. The molecule has 36 heavy (non-hydrogen) atoms. The topological polar surface area (TPSA) is 60.9 Å². The van der Waals surface area contributed by atoms with Crippen molar-refractivity contribution in [3.05, 3.63) is 78.1 Å². The molecular formula is C30H26N2O4. The minimum atomic E-state index is -0.953. The molecule has 3 aliphatic heterocycles. The maximum absolute atomic E-state index is 14.4. The van der Waals surface area contributed by atoms with Crippen LogP contribution in [0.4, 0.5) is 5.69 Å². The number of nitrogens with zero attached hydrogens (tertiary/aromatic N) is 2. The van der Waals surface area contributed by atoms with Gasteiger partial charge in [-0.3, -0.25) is 9.78 Å². The molecule has 0 saturated carbocycles. The van der Waals surface area contributed by atoms with Crippen LogP contribution in [0.25, 0.3) is 21.9 Å². The van der Waals surface area contributed by atoms with Crippen LogP contribution in [0.5, 0.6) is 17.2 Å². The second-order valence-electron chi connectivity index (χ2n) is 9.67. The number of rotatable bonds is 5. The van der Waals surface area contributed by atoms with Crippen molar-refractivity contribution in [1.82, 2.24) is 4.98 Å². The van der Waals surface area contributed by atoms with E-state index >= 15 is 0 Å². The number of amides is 1. The molecular weight excluding hydrogens is 452 g/mol. The highest BCUT2D eigenvalue weighted by atomic mass is 16.7. The largest absolute Gasteiger partial charge is 0.491 e. The van der Waals surface area contributed by atoms with Gasteiger partial charge in [0, 0.05) is 52.8 Å². The molecule has 0 radical (unpaired) electrons. The molecule has 0 bridgehead atoms. The second kappa shape index (κ2) is 7.98. The number of unbranched alkanes of at least 4 members (excludes halogenated alkanes) is 2. The molecule has 1 spiro atoms. The van der Waals surface area contributed by atoms with Gasteiger partial charge in [-0.15, -0.1) is 0 Å². The molecule has 3 aliphatic rings. The zero-order valence-corrected chi connectivity index (χ0v) is 20.1. The summed E-state index contributed by atoms with van der Waals surface area (Å²) in [5.74, 6) is 2.05. The minimum Gasteiger partial charge on any atom is -0.491 e. The van der Waals surface area contributed by atoms with Gasteiger partial charge >= 0.3 is 0 Å². The number of benzene rings is 3. The van der Waals surface area contributed by atoms with Gasteiger partial charge in [-0.1, -0.05) is 56.2 Å². The highest BCUT2D eigenvalue weighted by Crippen LogP contribution is 2.57. The van der Waals surface area contributed by atoms with E-state index in [9.17, 15) is 4.79 Å². The van der Waals surface area contributed by atoms with E-state index in [-0.39, 0.29) is 19.3 Å². The normalized spacial score (nSPS) is 19.1. The molecule has 3 aromatic carbocycles. The predicted octanol–water partition coefficient (Wildman–Crippen LogP) is 5.85. The highest BCUT2D eigenvalue weighted by Gasteiger charge is 2.58. The van der Waals surface area contributed by atoms with E-state index in [1.54, 1.807) is 0 Å². The van der Waals surface area contributed by atoms with E-state index in [4.69, 9.17) is 14.2 Å². The Balaban J connectivity index is 1.50. The van der Waals surface area contributed by atoms with Crippen LogP contribution < -0.4 is 19.1 Å². The Labute approximate surface area is 209 Å².